The first-order valence-corrected chi connectivity index (χ1v) is 9.67. The van der Waals surface area contributed by atoms with Crippen LogP contribution in [0, 0.1) is 0 Å². The molecule has 2 N–H and O–H groups in total. The molecule has 0 radical (unpaired) electrons. The number of unbranched alkanes of at least 4 members (excludes halogenated alkanes) is 11. The van der Waals surface area contributed by atoms with Gasteiger partial charge in [0.1, 0.15) is 0 Å². The third kappa shape index (κ3) is 21.2. The molecule has 0 spiro atoms. The number of hydrogen-bond acceptors (Lipinski definition) is 2. The first-order chi connectivity index (χ1) is 11.1. The van der Waals surface area contributed by atoms with E-state index in [4.69, 9.17) is 10.2 Å². The van der Waals surface area contributed by atoms with Gasteiger partial charge in [-0.15, -0.1) is 0 Å². The zero-order valence-electron chi connectivity index (χ0n) is 15.1. The molecule has 136 valence electrons. The van der Waals surface area contributed by atoms with Crippen molar-refractivity contribution < 1.29 is 15.0 Å². The summed E-state index contributed by atoms with van der Waals surface area (Å²) in [5.74, 6) is -0.696. The summed E-state index contributed by atoms with van der Waals surface area (Å²) in [6.07, 6.45) is 21.3. The Morgan fingerprint density at radius 2 is 1.22 bits per heavy atom. The molecule has 1 atom stereocenters. The van der Waals surface area contributed by atoms with Crippen molar-refractivity contribution in [2.75, 3.05) is 0 Å². The highest BCUT2D eigenvalue weighted by atomic mass is 16.4. The van der Waals surface area contributed by atoms with Gasteiger partial charge >= 0.3 is 5.97 Å². The number of aliphatic hydroxyl groups excluding tert-OH is 1. The third-order valence-corrected chi connectivity index (χ3v) is 4.17. The topological polar surface area (TPSA) is 57.5 Å². The van der Waals surface area contributed by atoms with Crippen molar-refractivity contribution in [2.24, 2.45) is 0 Å². The van der Waals surface area contributed by atoms with Crippen LogP contribution in [-0.4, -0.2) is 22.3 Å². The molecule has 3 nitrogen and oxygen atoms in total. The third-order valence-electron chi connectivity index (χ3n) is 4.17. The van der Waals surface area contributed by atoms with Gasteiger partial charge in [-0.1, -0.05) is 69.9 Å². The Morgan fingerprint density at radius 1 is 0.783 bits per heavy atom. The summed E-state index contributed by atoms with van der Waals surface area (Å²) in [5.41, 5.74) is 0. The molecule has 0 aromatic heterocycles. The minimum atomic E-state index is -0.696. The zero-order chi connectivity index (χ0) is 17.2. The molecular weight excluding hydrogens is 288 g/mol. The van der Waals surface area contributed by atoms with Crippen molar-refractivity contribution >= 4 is 5.97 Å². The fraction of sp³-hybridized carbons (Fsp3) is 0.850. The number of carboxylic acid groups (broad SMARTS) is 1. The summed E-state index contributed by atoms with van der Waals surface area (Å²) in [7, 11) is 0. The van der Waals surface area contributed by atoms with Gasteiger partial charge in [0.25, 0.3) is 0 Å². The van der Waals surface area contributed by atoms with E-state index in [1.54, 1.807) is 0 Å². The predicted octanol–water partition coefficient (Wildman–Crippen LogP) is 5.86. The molecule has 0 aliphatic rings. The maximum absolute atomic E-state index is 10.3. The van der Waals surface area contributed by atoms with E-state index in [1.807, 2.05) is 6.92 Å². The molecule has 0 rings (SSSR count). The fourth-order valence-corrected chi connectivity index (χ4v) is 2.72. The quantitative estimate of drug-likeness (QED) is 0.260. The number of hydrogen-bond donors (Lipinski definition) is 2. The lowest BCUT2D eigenvalue weighted by atomic mass is 10.0. The lowest BCUT2D eigenvalue weighted by Gasteiger charge is -2.04. The number of allylic oxidation sites excluding steroid dienone is 2. The van der Waals surface area contributed by atoms with Gasteiger partial charge in [-0.25, -0.2) is 0 Å². The molecule has 1 unspecified atom stereocenters. The van der Waals surface area contributed by atoms with Crippen LogP contribution in [-0.2, 0) is 4.79 Å². The average molecular weight is 327 g/mol. The molecule has 0 aromatic rings. The van der Waals surface area contributed by atoms with Gasteiger partial charge in [0.05, 0.1) is 6.10 Å². The molecule has 0 aromatic carbocycles. The summed E-state index contributed by atoms with van der Waals surface area (Å²) < 4.78 is 0. The summed E-state index contributed by atoms with van der Waals surface area (Å²) in [6, 6.07) is 0. The molecular formula is C20H38O3. The second-order valence-corrected chi connectivity index (χ2v) is 6.72. The van der Waals surface area contributed by atoms with Crippen LogP contribution < -0.4 is 0 Å². The Kier molecular flexibility index (Phi) is 16.9. The van der Waals surface area contributed by atoms with Crippen molar-refractivity contribution in [3.63, 3.8) is 0 Å². The largest absolute Gasteiger partial charge is 0.481 e. The van der Waals surface area contributed by atoms with Crippen molar-refractivity contribution in [1.29, 1.82) is 0 Å². The lowest BCUT2D eigenvalue weighted by Crippen LogP contribution is -1.98. The summed E-state index contributed by atoms with van der Waals surface area (Å²) in [6.45, 7) is 1.87. The van der Waals surface area contributed by atoms with E-state index in [0.29, 0.717) is 0 Å². The average Bonchev–Trinajstić information content (AvgIpc) is 2.49. The highest BCUT2D eigenvalue weighted by molar-refractivity contribution is 5.66. The van der Waals surface area contributed by atoms with Gasteiger partial charge in [0.15, 0.2) is 0 Å². The van der Waals surface area contributed by atoms with Crippen molar-refractivity contribution in [3.05, 3.63) is 12.2 Å². The number of carbonyl (C=O) groups is 1. The molecule has 0 heterocycles. The lowest BCUT2D eigenvalue weighted by molar-refractivity contribution is -0.137. The van der Waals surface area contributed by atoms with Crippen LogP contribution in [0.3, 0.4) is 0 Å². The molecule has 0 saturated carbocycles. The highest BCUT2D eigenvalue weighted by Crippen LogP contribution is 2.12. The van der Waals surface area contributed by atoms with Crippen molar-refractivity contribution in [3.8, 4) is 0 Å². The smallest absolute Gasteiger partial charge is 0.303 e. The monoisotopic (exact) mass is 326 g/mol. The first-order valence-electron chi connectivity index (χ1n) is 9.67. The van der Waals surface area contributed by atoms with E-state index >= 15 is 0 Å². The Hall–Kier alpha value is -0.830. The maximum Gasteiger partial charge on any atom is 0.303 e. The van der Waals surface area contributed by atoms with Gasteiger partial charge in [0, 0.05) is 6.42 Å². The van der Waals surface area contributed by atoms with Crippen LogP contribution in [0.4, 0.5) is 0 Å². The van der Waals surface area contributed by atoms with E-state index in [1.165, 1.54) is 64.2 Å². The second kappa shape index (κ2) is 17.5. The van der Waals surface area contributed by atoms with Crippen LogP contribution in [0.25, 0.3) is 0 Å². The molecule has 0 aliphatic carbocycles. The van der Waals surface area contributed by atoms with Gasteiger partial charge in [-0.05, 0) is 39.0 Å². The maximum atomic E-state index is 10.3. The van der Waals surface area contributed by atoms with Gasteiger partial charge in [0.2, 0.25) is 0 Å². The molecule has 0 bridgehead atoms. The van der Waals surface area contributed by atoms with E-state index in [-0.39, 0.29) is 12.5 Å². The number of carboxylic acids is 1. The van der Waals surface area contributed by atoms with Crippen LogP contribution in [0.2, 0.25) is 0 Å². The summed E-state index contributed by atoms with van der Waals surface area (Å²) in [5, 5.41) is 17.7. The van der Waals surface area contributed by atoms with E-state index in [2.05, 4.69) is 12.2 Å². The standard InChI is InChI=1S/C20H38O3/c1-19(21)17-15-13-11-9-7-5-3-2-4-6-8-10-12-14-16-18-20(22)23/h10,12,19,21H,2-9,11,13-18H2,1H3,(H,22,23)/b12-10-. The van der Waals surface area contributed by atoms with Crippen molar-refractivity contribution in [1.82, 2.24) is 0 Å². The zero-order valence-corrected chi connectivity index (χ0v) is 15.1. The van der Waals surface area contributed by atoms with E-state index in [9.17, 15) is 4.79 Å². The Bertz CT molecular complexity index is 285. The summed E-state index contributed by atoms with van der Waals surface area (Å²) in [4.78, 5) is 10.3. The van der Waals surface area contributed by atoms with Gasteiger partial charge < -0.3 is 10.2 Å². The van der Waals surface area contributed by atoms with E-state index in [0.717, 1.165) is 25.7 Å². The fourth-order valence-electron chi connectivity index (χ4n) is 2.72. The van der Waals surface area contributed by atoms with Crippen LogP contribution in [0.1, 0.15) is 103 Å². The minimum Gasteiger partial charge on any atom is -0.481 e. The predicted molar refractivity (Wildman–Crippen MR) is 97.7 cm³/mol. The van der Waals surface area contributed by atoms with Gasteiger partial charge in [-0.2, -0.15) is 0 Å². The highest BCUT2D eigenvalue weighted by Gasteiger charge is 1.96. The Labute approximate surface area is 143 Å². The van der Waals surface area contributed by atoms with Crippen LogP contribution >= 0.6 is 0 Å². The number of aliphatic carboxylic acids is 1. The van der Waals surface area contributed by atoms with Crippen molar-refractivity contribution in [2.45, 2.75) is 109 Å². The minimum absolute atomic E-state index is 0.130. The molecule has 23 heavy (non-hydrogen) atoms. The normalized spacial score (nSPS) is 12.8. The first kappa shape index (κ1) is 22.2. The molecule has 0 saturated heterocycles. The number of rotatable bonds is 17. The Balaban J connectivity index is 3.07. The van der Waals surface area contributed by atoms with E-state index < -0.39 is 5.97 Å². The van der Waals surface area contributed by atoms with Gasteiger partial charge in [-0.3, -0.25) is 4.79 Å². The second-order valence-electron chi connectivity index (χ2n) is 6.72. The van der Waals surface area contributed by atoms with Crippen LogP contribution in [0.5, 0.6) is 0 Å². The molecule has 0 amide bonds. The molecule has 0 aliphatic heterocycles. The summed E-state index contributed by atoms with van der Waals surface area (Å²) >= 11 is 0. The molecule has 3 heteroatoms. The SMILES string of the molecule is CC(O)CCCCCCCCCCCC/C=C\CCCC(=O)O. The molecule has 0 fully saturated rings. The Morgan fingerprint density at radius 3 is 1.70 bits per heavy atom. The van der Waals surface area contributed by atoms with Crippen LogP contribution in [0.15, 0.2) is 12.2 Å². The number of aliphatic hydroxyl groups is 1.